The van der Waals surface area contributed by atoms with Gasteiger partial charge in [-0.1, -0.05) is 12.1 Å². The van der Waals surface area contributed by atoms with Crippen molar-refractivity contribution in [2.45, 2.75) is 0 Å². The summed E-state index contributed by atoms with van der Waals surface area (Å²) in [5, 5.41) is 5.25. The molecule has 90 valence electrons. The molecule has 0 aliphatic rings. The molecular weight excluding hydrogens is 249 g/mol. The van der Waals surface area contributed by atoms with Crippen LogP contribution >= 0.6 is 11.3 Å². The second-order valence-electron chi connectivity index (χ2n) is 3.84. The van der Waals surface area contributed by atoms with Gasteiger partial charge in [0.25, 0.3) is 0 Å². The van der Waals surface area contributed by atoms with Crippen LogP contribution in [0.1, 0.15) is 0 Å². The van der Waals surface area contributed by atoms with Crippen LogP contribution in [0.3, 0.4) is 0 Å². The lowest BCUT2D eigenvalue weighted by Crippen LogP contribution is -1.83. The highest BCUT2D eigenvalue weighted by Crippen LogP contribution is 2.31. The van der Waals surface area contributed by atoms with E-state index in [0.717, 1.165) is 21.8 Å². The number of nitrogens with one attached hydrogen (secondary N) is 1. The summed E-state index contributed by atoms with van der Waals surface area (Å²) < 4.78 is 17.8. The van der Waals surface area contributed by atoms with E-state index in [-0.39, 0.29) is 5.82 Å². The molecule has 2 nitrogen and oxygen atoms in total. The van der Waals surface area contributed by atoms with Crippen molar-refractivity contribution >= 4 is 22.7 Å². The van der Waals surface area contributed by atoms with Crippen LogP contribution in [0.5, 0.6) is 0 Å². The van der Waals surface area contributed by atoms with Gasteiger partial charge in [0.15, 0.2) is 0 Å². The van der Waals surface area contributed by atoms with E-state index in [1.165, 1.54) is 12.1 Å². The molecule has 3 rings (SSSR count). The lowest BCUT2D eigenvalue weighted by Gasteiger charge is -1.98. The highest BCUT2D eigenvalue weighted by molar-refractivity contribution is 7.14. The van der Waals surface area contributed by atoms with E-state index in [4.69, 9.17) is 4.42 Å². The molecule has 1 N–H and O–H groups in total. The molecule has 18 heavy (non-hydrogen) atoms. The molecule has 1 aromatic carbocycles. The highest BCUT2D eigenvalue weighted by atomic mass is 32.1. The van der Waals surface area contributed by atoms with E-state index in [1.807, 2.05) is 17.5 Å². The minimum atomic E-state index is -0.216. The topological polar surface area (TPSA) is 25.2 Å². The maximum absolute atomic E-state index is 12.8. The third kappa shape index (κ3) is 2.28. The smallest absolute Gasteiger partial charge is 0.123 e. The van der Waals surface area contributed by atoms with Gasteiger partial charge in [-0.3, -0.25) is 0 Å². The van der Waals surface area contributed by atoms with Gasteiger partial charge in [-0.15, -0.1) is 11.3 Å². The van der Waals surface area contributed by atoms with Crippen LogP contribution in [0.2, 0.25) is 0 Å². The van der Waals surface area contributed by atoms with E-state index in [9.17, 15) is 4.39 Å². The van der Waals surface area contributed by atoms with Crippen LogP contribution in [0, 0.1) is 5.82 Å². The van der Waals surface area contributed by atoms with Crippen molar-refractivity contribution in [3.05, 3.63) is 60.1 Å². The number of thiophene rings is 1. The molecule has 0 radical (unpaired) electrons. The fourth-order valence-electron chi connectivity index (χ4n) is 1.67. The largest absolute Gasteiger partial charge is 0.470 e. The summed E-state index contributed by atoms with van der Waals surface area (Å²) >= 11 is 1.61. The summed E-state index contributed by atoms with van der Waals surface area (Å²) in [6.45, 7) is 0. The molecule has 0 saturated carbocycles. The molecule has 0 saturated heterocycles. The van der Waals surface area contributed by atoms with Gasteiger partial charge < -0.3 is 9.73 Å². The van der Waals surface area contributed by atoms with Gasteiger partial charge in [-0.2, -0.15) is 0 Å². The summed E-state index contributed by atoms with van der Waals surface area (Å²) in [5.74, 6) is -0.216. The van der Waals surface area contributed by atoms with Gasteiger partial charge in [0.05, 0.1) is 12.0 Å². The Balaban J connectivity index is 1.83. The first-order valence-corrected chi connectivity index (χ1v) is 6.33. The van der Waals surface area contributed by atoms with Gasteiger partial charge in [0.2, 0.25) is 0 Å². The first kappa shape index (κ1) is 11.0. The molecule has 2 aromatic heterocycles. The molecule has 0 amide bonds. The molecule has 2 heterocycles. The fourth-order valence-corrected chi connectivity index (χ4v) is 2.52. The second kappa shape index (κ2) is 4.66. The molecular formula is C14H10FNOS. The molecule has 0 bridgehead atoms. The number of halogens is 1. The summed E-state index contributed by atoms with van der Waals surface area (Å²) in [4.78, 5) is 1.10. The Labute approximate surface area is 108 Å². The quantitative estimate of drug-likeness (QED) is 0.724. The SMILES string of the molecule is Fc1ccc(-c2cc(Nc3ccoc3)cs2)cc1. The first-order chi connectivity index (χ1) is 8.81. The zero-order valence-corrected chi connectivity index (χ0v) is 10.2. The first-order valence-electron chi connectivity index (χ1n) is 5.45. The Morgan fingerprint density at radius 1 is 1.06 bits per heavy atom. The van der Waals surface area contributed by atoms with E-state index < -0.39 is 0 Å². The van der Waals surface area contributed by atoms with Crippen molar-refractivity contribution in [2.75, 3.05) is 5.32 Å². The normalized spacial score (nSPS) is 10.5. The predicted molar refractivity (Wildman–Crippen MR) is 71.7 cm³/mol. The van der Waals surface area contributed by atoms with Gasteiger partial charge in [0, 0.05) is 15.9 Å². The molecule has 0 spiro atoms. The van der Waals surface area contributed by atoms with Crippen LogP contribution in [-0.2, 0) is 0 Å². The Hall–Kier alpha value is -2.07. The maximum Gasteiger partial charge on any atom is 0.123 e. The van der Waals surface area contributed by atoms with Crippen molar-refractivity contribution in [2.24, 2.45) is 0 Å². The fraction of sp³-hybridized carbons (Fsp3) is 0. The number of benzene rings is 1. The minimum absolute atomic E-state index is 0.216. The lowest BCUT2D eigenvalue weighted by atomic mass is 10.2. The molecule has 0 aliphatic carbocycles. The second-order valence-corrected chi connectivity index (χ2v) is 4.75. The lowest BCUT2D eigenvalue weighted by molar-refractivity contribution is 0.568. The number of furan rings is 1. The van der Waals surface area contributed by atoms with Crippen molar-refractivity contribution in [3.8, 4) is 10.4 Å². The summed E-state index contributed by atoms with van der Waals surface area (Å²) in [6, 6.07) is 10.4. The van der Waals surface area contributed by atoms with Gasteiger partial charge in [-0.25, -0.2) is 4.39 Å². The predicted octanol–water partition coefficient (Wildman–Crippen LogP) is 4.89. The molecule has 0 atom stereocenters. The molecule has 4 heteroatoms. The van der Waals surface area contributed by atoms with Crippen molar-refractivity contribution in [3.63, 3.8) is 0 Å². The zero-order valence-electron chi connectivity index (χ0n) is 9.39. The van der Waals surface area contributed by atoms with Gasteiger partial charge in [0.1, 0.15) is 12.1 Å². The van der Waals surface area contributed by atoms with E-state index in [0.29, 0.717) is 0 Å². The van der Waals surface area contributed by atoms with Crippen LogP contribution < -0.4 is 5.32 Å². The number of rotatable bonds is 3. The third-order valence-corrected chi connectivity index (χ3v) is 3.52. The van der Waals surface area contributed by atoms with Crippen LogP contribution in [0.15, 0.2) is 58.7 Å². The average Bonchev–Trinajstić information content (AvgIpc) is 3.02. The number of hydrogen-bond donors (Lipinski definition) is 1. The van der Waals surface area contributed by atoms with Crippen molar-refractivity contribution in [1.29, 1.82) is 0 Å². The Morgan fingerprint density at radius 2 is 1.89 bits per heavy atom. The summed E-state index contributed by atoms with van der Waals surface area (Å²) in [6.07, 6.45) is 3.27. The van der Waals surface area contributed by atoms with Crippen LogP contribution in [0.25, 0.3) is 10.4 Å². The Bertz CT molecular complexity index is 628. The highest BCUT2D eigenvalue weighted by Gasteiger charge is 2.03. The zero-order chi connectivity index (χ0) is 12.4. The Kier molecular flexibility index (Phi) is 2.86. The van der Waals surface area contributed by atoms with Crippen LogP contribution in [-0.4, -0.2) is 0 Å². The number of anilines is 2. The van der Waals surface area contributed by atoms with Crippen LogP contribution in [0.4, 0.5) is 15.8 Å². The van der Waals surface area contributed by atoms with Gasteiger partial charge >= 0.3 is 0 Å². The average molecular weight is 259 g/mol. The minimum Gasteiger partial charge on any atom is -0.470 e. The van der Waals surface area contributed by atoms with E-state index in [1.54, 1.807) is 36.0 Å². The summed E-state index contributed by atoms with van der Waals surface area (Å²) in [5.41, 5.74) is 2.93. The molecule has 0 fully saturated rings. The Morgan fingerprint density at radius 3 is 2.61 bits per heavy atom. The van der Waals surface area contributed by atoms with Crippen molar-refractivity contribution in [1.82, 2.24) is 0 Å². The molecule has 0 unspecified atom stereocenters. The molecule has 3 aromatic rings. The monoisotopic (exact) mass is 259 g/mol. The van der Waals surface area contributed by atoms with Crippen molar-refractivity contribution < 1.29 is 8.81 Å². The third-order valence-electron chi connectivity index (χ3n) is 2.54. The van der Waals surface area contributed by atoms with E-state index in [2.05, 4.69) is 5.32 Å². The number of hydrogen-bond acceptors (Lipinski definition) is 3. The van der Waals surface area contributed by atoms with E-state index >= 15 is 0 Å². The van der Waals surface area contributed by atoms with Gasteiger partial charge in [-0.05, 0) is 29.8 Å². The standard InChI is InChI=1S/C14H10FNOS/c15-11-3-1-10(2-4-11)14-7-13(9-18-14)16-12-5-6-17-8-12/h1-9,16H. The maximum atomic E-state index is 12.8. The summed E-state index contributed by atoms with van der Waals surface area (Å²) in [7, 11) is 0. The molecule has 0 aliphatic heterocycles.